The summed E-state index contributed by atoms with van der Waals surface area (Å²) in [7, 11) is 0. The molecule has 0 aromatic heterocycles. The molecule has 0 spiro atoms. The van der Waals surface area contributed by atoms with Gasteiger partial charge in [0.25, 0.3) is 0 Å². The number of hydrogen-bond acceptors (Lipinski definition) is 2. The van der Waals surface area contributed by atoms with Gasteiger partial charge in [-0.25, -0.2) is 0 Å². The van der Waals surface area contributed by atoms with Crippen LogP contribution in [0.4, 0.5) is 0 Å². The molecule has 0 heterocycles. The second-order valence-electron chi connectivity index (χ2n) is 2.94. The topological polar surface area (TPSA) is 26.3 Å². The van der Waals surface area contributed by atoms with E-state index in [-0.39, 0.29) is 18.0 Å². The van der Waals surface area contributed by atoms with Crippen LogP contribution in [-0.2, 0) is 9.53 Å². The van der Waals surface area contributed by atoms with Crippen molar-refractivity contribution in [2.45, 2.75) is 39.7 Å². The fraction of sp³-hybridized carbons (Fsp3) is 0.778. The summed E-state index contributed by atoms with van der Waals surface area (Å²) in [6, 6.07) is 0. The Morgan fingerprint density at radius 1 is 1.55 bits per heavy atom. The van der Waals surface area contributed by atoms with E-state index in [0.29, 0.717) is 0 Å². The first-order valence-corrected chi connectivity index (χ1v) is 4.11. The molecular weight excluding hydrogens is 140 g/mol. The van der Waals surface area contributed by atoms with Crippen molar-refractivity contribution in [1.82, 2.24) is 0 Å². The number of ether oxygens (including phenoxy) is 1. The molecule has 11 heavy (non-hydrogen) atoms. The lowest BCUT2D eigenvalue weighted by molar-refractivity contribution is -0.150. The predicted molar refractivity (Wildman–Crippen MR) is 45.0 cm³/mol. The molecule has 0 bridgehead atoms. The zero-order valence-corrected chi connectivity index (χ0v) is 7.59. The van der Waals surface area contributed by atoms with E-state index in [1.807, 2.05) is 6.92 Å². The van der Waals surface area contributed by atoms with Gasteiger partial charge in [-0.3, -0.25) is 4.79 Å². The molecule has 2 heteroatoms. The highest BCUT2D eigenvalue weighted by molar-refractivity contribution is 5.72. The Bertz CT molecular complexity index is 119. The first-order valence-electron chi connectivity index (χ1n) is 4.11. The number of carbonyl (C=O) groups is 1. The second kappa shape index (κ2) is 5.16. The highest BCUT2D eigenvalue weighted by Gasteiger charge is 2.13. The van der Waals surface area contributed by atoms with Gasteiger partial charge >= 0.3 is 5.97 Å². The quantitative estimate of drug-likeness (QED) is 0.585. The first-order chi connectivity index (χ1) is 5.07. The van der Waals surface area contributed by atoms with Gasteiger partial charge in [-0.1, -0.05) is 20.3 Å². The SMILES string of the molecule is [CH2][C@@H](C)OC(=O)C(C)CCC. The fourth-order valence-corrected chi connectivity index (χ4v) is 0.865. The van der Waals surface area contributed by atoms with E-state index in [9.17, 15) is 4.79 Å². The number of rotatable bonds is 4. The van der Waals surface area contributed by atoms with Crippen LogP contribution in [0, 0.1) is 12.8 Å². The van der Waals surface area contributed by atoms with Crippen molar-refractivity contribution >= 4 is 5.97 Å². The molecule has 0 saturated heterocycles. The molecular formula is C9H17O2. The molecule has 2 atom stereocenters. The highest BCUT2D eigenvalue weighted by Crippen LogP contribution is 2.08. The summed E-state index contributed by atoms with van der Waals surface area (Å²) in [6.45, 7) is 9.27. The smallest absolute Gasteiger partial charge is 0.308 e. The Morgan fingerprint density at radius 3 is 2.45 bits per heavy atom. The van der Waals surface area contributed by atoms with Crippen molar-refractivity contribution in [2.75, 3.05) is 0 Å². The van der Waals surface area contributed by atoms with E-state index in [4.69, 9.17) is 4.74 Å². The van der Waals surface area contributed by atoms with Crippen molar-refractivity contribution in [1.29, 1.82) is 0 Å². The molecule has 0 amide bonds. The standard InChI is InChI=1S/C9H17O2/c1-5-6-8(4)9(10)11-7(2)3/h7-8H,2,5-6H2,1,3-4H3/t7-,8?/m0/s1. The van der Waals surface area contributed by atoms with Crippen LogP contribution >= 0.6 is 0 Å². The van der Waals surface area contributed by atoms with Gasteiger partial charge in [-0.05, 0) is 20.3 Å². The van der Waals surface area contributed by atoms with E-state index < -0.39 is 0 Å². The number of carbonyl (C=O) groups excluding carboxylic acids is 1. The van der Waals surface area contributed by atoms with Gasteiger partial charge in [0.05, 0.1) is 12.0 Å². The lowest BCUT2D eigenvalue weighted by atomic mass is 10.1. The van der Waals surface area contributed by atoms with E-state index in [2.05, 4.69) is 13.8 Å². The van der Waals surface area contributed by atoms with Crippen LogP contribution in [0.25, 0.3) is 0 Å². The molecule has 0 aromatic carbocycles. The minimum atomic E-state index is -0.234. The molecule has 2 nitrogen and oxygen atoms in total. The monoisotopic (exact) mass is 157 g/mol. The van der Waals surface area contributed by atoms with Gasteiger partial charge in [0.2, 0.25) is 0 Å². The Hall–Kier alpha value is -0.530. The average Bonchev–Trinajstić information content (AvgIpc) is 1.86. The first kappa shape index (κ1) is 10.5. The zero-order valence-electron chi connectivity index (χ0n) is 7.59. The second-order valence-corrected chi connectivity index (χ2v) is 2.94. The minimum Gasteiger partial charge on any atom is -0.462 e. The lowest BCUT2D eigenvalue weighted by Gasteiger charge is -2.12. The van der Waals surface area contributed by atoms with Crippen molar-refractivity contribution in [3.8, 4) is 0 Å². The van der Waals surface area contributed by atoms with Gasteiger partial charge < -0.3 is 4.74 Å². The molecule has 0 fully saturated rings. The Labute approximate surface area is 68.9 Å². The number of esters is 1. The van der Waals surface area contributed by atoms with Crippen LogP contribution in [0.5, 0.6) is 0 Å². The van der Waals surface area contributed by atoms with Gasteiger partial charge in [-0.15, -0.1) is 0 Å². The summed E-state index contributed by atoms with van der Waals surface area (Å²) >= 11 is 0. The highest BCUT2D eigenvalue weighted by atomic mass is 16.5. The van der Waals surface area contributed by atoms with E-state index in [1.54, 1.807) is 6.92 Å². The molecule has 0 aliphatic heterocycles. The Morgan fingerprint density at radius 2 is 2.09 bits per heavy atom. The van der Waals surface area contributed by atoms with Gasteiger partial charge in [0.15, 0.2) is 0 Å². The third-order valence-corrected chi connectivity index (χ3v) is 1.44. The largest absolute Gasteiger partial charge is 0.462 e. The summed E-state index contributed by atoms with van der Waals surface area (Å²) in [4.78, 5) is 11.1. The Balaban J connectivity index is 3.64. The average molecular weight is 157 g/mol. The molecule has 1 unspecified atom stereocenters. The third-order valence-electron chi connectivity index (χ3n) is 1.44. The van der Waals surface area contributed by atoms with E-state index in [0.717, 1.165) is 12.8 Å². The predicted octanol–water partition coefficient (Wildman–Crippen LogP) is 2.19. The molecule has 0 N–H and O–H groups in total. The summed E-state index contributed by atoms with van der Waals surface area (Å²) < 4.78 is 4.91. The maximum absolute atomic E-state index is 11.1. The molecule has 0 aliphatic rings. The van der Waals surface area contributed by atoms with Gasteiger partial charge in [0.1, 0.15) is 0 Å². The van der Waals surface area contributed by atoms with Crippen molar-refractivity contribution < 1.29 is 9.53 Å². The molecule has 0 rings (SSSR count). The summed E-state index contributed by atoms with van der Waals surface area (Å²) in [5.41, 5.74) is 0. The third kappa shape index (κ3) is 4.82. The van der Waals surface area contributed by atoms with Crippen LogP contribution in [0.15, 0.2) is 0 Å². The van der Waals surface area contributed by atoms with Crippen LogP contribution in [0.3, 0.4) is 0 Å². The van der Waals surface area contributed by atoms with Crippen molar-refractivity contribution in [3.05, 3.63) is 6.92 Å². The maximum Gasteiger partial charge on any atom is 0.308 e. The van der Waals surface area contributed by atoms with Crippen molar-refractivity contribution in [2.24, 2.45) is 5.92 Å². The summed E-state index contributed by atoms with van der Waals surface area (Å²) in [5, 5.41) is 0. The molecule has 65 valence electrons. The maximum atomic E-state index is 11.1. The van der Waals surface area contributed by atoms with E-state index in [1.165, 1.54) is 0 Å². The summed E-state index contributed by atoms with van der Waals surface area (Å²) in [5.74, 6) is -0.112. The van der Waals surface area contributed by atoms with Crippen molar-refractivity contribution in [3.63, 3.8) is 0 Å². The minimum absolute atomic E-state index is 0.0178. The fourth-order valence-electron chi connectivity index (χ4n) is 0.865. The molecule has 0 saturated carbocycles. The Kier molecular flexibility index (Phi) is 4.92. The van der Waals surface area contributed by atoms with Crippen LogP contribution in [0.1, 0.15) is 33.6 Å². The van der Waals surface area contributed by atoms with E-state index >= 15 is 0 Å². The molecule has 1 radical (unpaired) electrons. The number of hydrogen-bond donors (Lipinski definition) is 0. The molecule has 0 aliphatic carbocycles. The zero-order chi connectivity index (χ0) is 8.85. The van der Waals surface area contributed by atoms with Crippen LogP contribution in [-0.4, -0.2) is 12.1 Å². The summed E-state index contributed by atoms with van der Waals surface area (Å²) in [6.07, 6.45) is 1.68. The van der Waals surface area contributed by atoms with Crippen LogP contribution in [0.2, 0.25) is 0 Å². The van der Waals surface area contributed by atoms with Crippen LogP contribution < -0.4 is 0 Å². The van der Waals surface area contributed by atoms with Gasteiger partial charge in [0, 0.05) is 0 Å². The molecule has 0 aromatic rings. The normalized spacial score (nSPS) is 13.2. The lowest BCUT2D eigenvalue weighted by Crippen LogP contribution is -2.18. The van der Waals surface area contributed by atoms with Gasteiger partial charge in [-0.2, -0.15) is 0 Å².